The number of rotatable bonds is 4. The predicted molar refractivity (Wildman–Crippen MR) is 90.5 cm³/mol. The Labute approximate surface area is 141 Å². The summed E-state index contributed by atoms with van der Waals surface area (Å²) in [6.45, 7) is 8.32. The van der Waals surface area contributed by atoms with Crippen molar-refractivity contribution in [3.8, 4) is 5.75 Å². The van der Waals surface area contributed by atoms with Crippen LogP contribution in [0.2, 0.25) is 0 Å². The van der Waals surface area contributed by atoms with Crippen LogP contribution < -0.4 is 4.74 Å². The van der Waals surface area contributed by atoms with E-state index in [1.165, 1.54) is 0 Å². The lowest BCUT2D eigenvalue weighted by molar-refractivity contribution is -0.137. The second-order valence-corrected chi connectivity index (χ2v) is 7.05. The van der Waals surface area contributed by atoms with Gasteiger partial charge in [0.2, 0.25) is 0 Å². The molecule has 24 heavy (non-hydrogen) atoms. The van der Waals surface area contributed by atoms with Crippen LogP contribution in [0.3, 0.4) is 0 Å². The minimum Gasteiger partial charge on any atom is -0.497 e. The second kappa shape index (κ2) is 6.15. The molecule has 0 spiro atoms. The highest BCUT2D eigenvalue weighted by molar-refractivity contribution is 5.39. The maximum absolute atomic E-state index is 12.8. The molecule has 1 nitrogen and oxygen atoms in total. The molecular weight excluding hydrogens is 313 g/mol. The van der Waals surface area contributed by atoms with Crippen molar-refractivity contribution in [2.45, 2.75) is 44.7 Å². The van der Waals surface area contributed by atoms with Gasteiger partial charge < -0.3 is 4.74 Å². The molecule has 0 saturated heterocycles. The van der Waals surface area contributed by atoms with E-state index in [1.54, 1.807) is 19.2 Å². The lowest BCUT2D eigenvalue weighted by atomic mass is 9.61. The van der Waals surface area contributed by atoms with Gasteiger partial charge in [0.1, 0.15) is 5.75 Å². The zero-order valence-corrected chi connectivity index (χ0v) is 14.7. The third kappa shape index (κ3) is 3.28. The van der Waals surface area contributed by atoms with Gasteiger partial charge in [-0.25, -0.2) is 0 Å². The number of hydrogen-bond donors (Lipinski definition) is 0. The third-order valence-corrected chi connectivity index (χ3v) is 5.31. The Morgan fingerprint density at radius 1 is 0.625 bits per heavy atom. The van der Waals surface area contributed by atoms with Crippen molar-refractivity contribution in [2.75, 3.05) is 7.11 Å². The molecule has 0 amide bonds. The molecule has 0 aliphatic rings. The van der Waals surface area contributed by atoms with E-state index in [4.69, 9.17) is 4.74 Å². The largest absolute Gasteiger partial charge is 0.497 e. The molecule has 0 saturated carbocycles. The first-order valence-electron chi connectivity index (χ1n) is 7.82. The summed E-state index contributed by atoms with van der Waals surface area (Å²) >= 11 is 0. The zero-order valence-electron chi connectivity index (χ0n) is 14.7. The summed E-state index contributed by atoms with van der Waals surface area (Å²) in [7, 11) is 1.62. The van der Waals surface area contributed by atoms with Crippen molar-refractivity contribution >= 4 is 0 Å². The van der Waals surface area contributed by atoms with Gasteiger partial charge in [0.15, 0.2) is 0 Å². The van der Waals surface area contributed by atoms with Crippen molar-refractivity contribution in [1.82, 2.24) is 0 Å². The molecule has 0 radical (unpaired) electrons. The quantitative estimate of drug-likeness (QED) is 0.668. The van der Waals surface area contributed by atoms with Gasteiger partial charge in [0.05, 0.1) is 12.7 Å². The predicted octanol–water partition coefficient (Wildman–Crippen LogP) is 5.97. The van der Waals surface area contributed by atoms with Crippen LogP contribution in [0, 0.1) is 0 Å². The third-order valence-electron chi connectivity index (χ3n) is 5.31. The van der Waals surface area contributed by atoms with Crippen LogP contribution in [-0.4, -0.2) is 7.11 Å². The van der Waals surface area contributed by atoms with E-state index >= 15 is 0 Å². The summed E-state index contributed by atoms with van der Waals surface area (Å²) < 4.78 is 43.5. The lowest BCUT2D eigenvalue weighted by Gasteiger charge is -2.43. The number of ether oxygens (including phenoxy) is 1. The molecule has 0 fully saturated rings. The molecule has 0 aliphatic heterocycles. The van der Waals surface area contributed by atoms with Crippen LogP contribution in [-0.2, 0) is 17.0 Å². The Morgan fingerprint density at radius 3 is 1.29 bits per heavy atom. The molecule has 0 bridgehead atoms. The highest BCUT2D eigenvalue weighted by Gasteiger charge is 2.40. The molecule has 0 heterocycles. The molecule has 0 unspecified atom stereocenters. The monoisotopic (exact) mass is 336 g/mol. The Morgan fingerprint density at radius 2 is 0.958 bits per heavy atom. The average Bonchev–Trinajstić information content (AvgIpc) is 2.54. The van der Waals surface area contributed by atoms with Crippen molar-refractivity contribution in [2.24, 2.45) is 0 Å². The summed E-state index contributed by atoms with van der Waals surface area (Å²) in [5.41, 5.74) is 0.721. The Kier molecular flexibility index (Phi) is 4.71. The minimum atomic E-state index is -4.31. The van der Waals surface area contributed by atoms with Gasteiger partial charge in [-0.1, -0.05) is 52.0 Å². The molecule has 0 aliphatic carbocycles. The SMILES string of the molecule is COc1ccc(C(C)(C)C(C)(C)c2ccc(C(F)(F)F)cc2)cc1. The van der Waals surface area contributed by atoms with Crippen LogP contribution in [0.15, 0.2) is 48.5 Å². The molecule has 2 rings (SSSR count). The van der Waals surface area contributed by atoms with Crippen molar-refractivity contribution in [3.63, 3.8) is 0 Å². The molecule has 0 atom stereocenters. The zero-order chi connectivity index (χ0) is 18.2. The normalized spacial score (nSPS) is 13.0. The fraction of sp³-hybridized carbons (Fsp3) is 0.400. The molecule has 130 valence electrons. The minimum absolute atomic E-state index is 0.279. The highest BCUT2D eigenvalue weighted by Crippen LogP contribution is 2.44. The number of benzene rings is 2. The van der Waals surface area contributed by atoms with Gasteiger partial charge in [0.25, 0.3) is 0 Å². The van der Waals surface area contributed by atoms with E-state index in [2.05, 4.69) is 27.7 Å². The first-order chi connectivity index (χ1) is 11.0. The van der Waals surface area contributed by atoms with Crippen LogP contribution in [0.5, 0.6) is 5.75 Å². The van der Waals surface area contributed by atoms with E-state index in [1.807, 2.05) is 24.3 Å². The number of methoxy groups -OCH3 is 1. The van der Waals surface area contributed by atoms with Gasteiger partial charge in [-0.05, 0) is 46.2 Å². The van der Waals surface area contributed by atoms with Crippen LogP contribution in [0.25, 0.3) is 0 Å². The van der Waals surface area contributed by atoms with Gasteiger partial charge >= 0.3 is 6.18 Å². The standard InChI is InChI=1S/C20H23F3O/c1-18(2,14-6-8-16(9-7-14)20(21,22)23)19(3,4)15-10-12-17(24-5)13-11-15/h6-13H,1-5H3. The summed E-state index contributed by atoms with van der Waals surface area (Å²) in [6.07, 6.45) is -4.31. The maximum atomic E-state index is 12.8. The molecule has 4 heteroatoms. The fourth-order valence-corrected chi connectivity index (χ4v) is 2.81. The number of halogens is 3. The van der Waals surface area contributed by atoms with Gasteiger partial charge in [-0.15, -0.1) is 0 Å². The van der Waals surface area contributed by atoms with Crippen LogP contribution >= 0.6 is 0 Å². The highest BCUT2D eigenvalue weighted by atomic mass is 19.4. The van der Waals surface area contributed by atoms with Crippen LogP contribution in [0.4, 0.5) is 13.2 Å². The summed E-state index contributed by atoms with van der Waals surface area (Å²) in [5.74, 6) is 0.780. The van der Waals surface area contributed by atoms with Gasteiger partial charge in [-0.2, -0.15) is 13.2 Å². The van der Waals surface area contributed by atoms with Gasteiger partial charge in [0, 0.05) is 0 Å². The Hall–Kier alpha value is -1.97. The second-order valence-electron chi connectivity index (χ2n) is 7.05. The first kappa shape index (κ1) is 18.4. The molecule has 0 aromatic heterocycles. The van der Waals surface area contributed by atoms with E-state index in [0.29, 0.717) is 0 Å². The van der Waals surface area contributed by atoms with E-state index in [9.17, 15) is 13.2 Å². The average molecular weight is 336 g/mol. The van der Waals surface area contributed by atoms with Crippen LogP contribution in [0.1, 0.15) is 44.4 Å². The molecular formula is C20H23F3O. The molecule has 2 aromatic carbocycles. The van der Waals surface area contributed by atoms with Crippen molar-refractivity contribution in [1.29, 1.82) is 0 Å². The van der Waals surface area contributed by atoms with Crippen molar-refractivity contribution < 1.29 is 17.9 Å². The van der Waals surface area contributed by atoms with E-state index in [0.717, 1.165) is 29.0 Å². The molecule has 0 N–H and O–H groups in total. The fourth-order valence-electron chi connectivity index (χ4n) is 2.81. The maximum Gasteiger partial charge on any atom is 0.416 e. The first-order valence-corrected chi connectivity index (χ1v) is 7.82. The van der Waals surface area contributed by atoms with E-state index in [-0.39, 0.29) is 10.8 Å². The smallest absolute Gasteiger partial charge is 0.416 e. The number of alkyl halides is 3. The lowest BCUT2D eigenvalue weighted by Crippen LogP contribution is -2.40. The molecule has 2 aromatic rings. The summed E-state index contributed by atoms with van der Waals surface area (Å²) in [6, 6.07) is 13.3. The van der Waals surface area contributed by atoms with E-state index < -0.39 is 11.7 Å². The summed E-state index contributed by atoms with van der Waals surface area (Å²) in [5, 5.41) is 0. The number of hydrogen-bond acceptors (Lipinski definition) is 1. The van der Waals surface area contributed by atoms with Crippen molar-refractivity contribution in [3.05, 3.63) is 65.2 Å². The summed E-state index contributed by atoms with van der Waals surface area (Å²) in [4.78, 5) is 0. The van der Waals surface area contributed by atoms with Gasteiger partial charge in [-0.3, -0.25) is 0 Å². The Balaban J connectivity index is 2.39. The Bertz CT molecular complexity index is 680. The topological polar surface area (TPSA) is 9.23 Å².